The molecule has 1 N–H and O–H groups in total. The lowest BCUT2D eigenvalue weighted by Crippen LogP contribution is -2.14. The van der Waals surface area contributed by atoms with E-state index in [0.29, 0.717) is 27.3 Å². The number of amides is 1. The Labute approximate surface area is 206 Å². The Morgan fingerprint density at radius 1 is 1.03 bits per heavy atom. The van der Waals surface area contributed by atoms with Crippen molar-refractivity contribution in [2.24, 2.45) is 0 Å². The first-order valence-electron chi connectivity index (χ1n) is 10.3. The topological polar surface area (TPSA) is 86.1 Å². The van der Waals surface area contributed by atoms with Crippen LogP contribution in [0.15, 0.2) is 78.0 Å². The molecule has 0 unspecified atom stereocenters. The largest absolute Gasteiger partial charge is 0.465 e. The predicted molar refractivity (Wildman–Crippen MR) is 134 cm³/mol. The van der Waals surface area contributed by atoms with Gasteiger partial charge in [-0.05, 0) is 61.5 Å². The quantitative estimate of drug-likeness (QED) is 0.274. The molecule has 0 saturated carbocycles. The van der Waals surface area contributed by atoms with Crippen molar-refractivity contribution in [3.8, 4) is 17.1 Å². The molecule has 1 heterocycles. The molecule has 172 valence electrons. The summed E-state index contributed by atoms with van der Waals surface area (Å²) >= 11 is 7.36. The standard InChI is InChI=1S/C25H21ClN4O3S/c1-16-4-3-5-18(14-16)23-28-29-25(30(23)21-12-8-19(26)9-13-21)34-15-22(31)27-20-10-6-17(7-11-20)24(32)33-2/h3-14H,15H2,1-2H3,(H,27,31). The van der Waals surface area contributed by atoms with Gasteiger partial charge in [0, 0.05) is 22.0 Å². The Morgan fingerprint density at radius 2 is 1.76 bits per heavy atom. The third kappa shape index (κ3) is 5.47. The van der Waals surface area contributed by atoms with Crippen LogP contribution in [0.1, 0.15) is 15.9 Å². The number of carbonyl (C=O) groups excluding carboxylic acids is 2. The molecule has 7 nitrogen and oxygen atoms in total. The van der Waals surface area contributed by atoms with E-state index < -0.39 is 5.97 Å². The van der Waals surface area contributed by atoms with Crippen molar-refractivity contribution >= 4 is 40.9 Å². The molecule has 34 heavy (non-hydrogen) atoms. The van der Waals surface area contributed by atoms with E-state index in [4.69, 9.17) is 11.6 Å². The van der Waals surface area contributed by atoms with Crippen molar-refractivity contribution < 1.29 is 14.3 Å². The Balaban J connectivity index is 1.54. The first-order valence-corrected chi connectivity index (χ1v) is 11.7. The van der Waals surface area contributed by atoms with E-state index in [2.05, 4.69) is 20.3 Å². The summed E-state index contributed by atoms with van der Waals surface area (Å²) in [7, 11) is 1.32. The average Bonchev–Trinajstić information content (AvgIpc) is 3.27. The predicted octanol–water partition coefficient (Wildman–Crippen LogP) is 5.41. The molecule has 0 aliphatic carbocycles. The maximum atomic E-state index is 12.6. The minimum absolute atomic E-state index is 0.123. The highest BCUT2D eigenvalue weighted by atomic mass is 35.5. The highest BCUT2D eigenvalue weighted by Crippen LogP contribution is 2.29. The summed E-state index contributed by atoms with van der Waals surface area (Å²) in [6.45, 7) is 2.02. The van der Waals surface area contributed by atoms with Crippen LogP contribution < -0.4 is 5.32 Å². The van der Waals surface area contributed by atoms with Crippen molar-refractivity contribution in [1.29, 1.82) is 0 Å². The van der Waals surface area contributed by atoms with Gasteiger partial charge in [-0.25, -0.2) is 4.79 Å². The van der Waals surface area contributed by atoms with Gasteiger partial charge in [-0.2, -0.15) is 0 Å². The van der Waals surface area contributed by atoms with Crippen molar-refractivity contribution in [2.45, 2.75) is 12.1 Å². The minimum Gasteiger partial charge on any atom is -0.465 e. The summed E-state index contributed by atoms with van der Waals surface area (Å²) in [5, 5.41) is 12.8. The molecule has 0 saturated heterocycles. The Hall–Kier alpha value is -3.62. The number of anilines is 1. The molecule has 4 aromatic rings. The van der Waals surface area contributed by atoms with Crippen molar-refractivity contribution in [1.82, 2.24) is 14.8 Å². The van der Waals surface area contributed by atoms with Crippen molar-refractivity contribution in [2.75, 3.05) is 18.2 Å². The summed E-state index contributed by atoms with van der Waals surface area (Å²) < 4.78 is 6.60. The number of esters is 1. The Morgan fingerprint density at radius 3 is 2.44 bits per heavy atom. The van der Waals surface area contributed by atoms with Crippen LogP contribution in [-0.2, 0) is 9.53 Å². The van der Waals surface area contributed by atoms with Gasteiger partial charge in [-0.1, -0.05) is 47.1 Å². The zero-order valence-corrected chi connectivity index (χ0v) is 20.1. The third-order valence-corrected chi connectivity index (χ3v) is 6.10. The van der Waals surface area contributed by atoms with Gasteiger partial charge in [0.25, 0.3) is 0 Å². The first-order chi connectivity index (χ1) is 16.4. The lowest BCUT2D eigenvalue weighted by molar-refractivity contribution is -0.113. The number of nitrogens with one attached hydrogen (secondary N) is 1. The Bertz CT molecular complexity index is 1320. The van der Waals surface area contributed by atoms with Crippen LogP contribution in [0.3, 0.4) is 0 Å². The molecule has 9 heteroatoms. The van der Waals surface area contributed by atoms with Gasteiger partial charge < -0.3 is 10.1 Å². The third-order valence-electron chi connectivity index (χ3n) is 4.92. The molecular formula is C25H21ClN4O3S. The fourth-order valence-corrected chi connectivity index (χ4v) is 4.17. The maximum absolute atomic E-state index is 12.6. The van der Waals surface area contributed by atoms with E-state index in [9.17, 15) is 9.59 Å². The molecule has 1 aromatic heterocycles. The smallest absolute Gasteiger partial charge is 0.337 e. The number of thioether (sulfide) groups is 1. The normalized spacial score (nSPS) is 10.7. The van der Waals surface area contributed by atoms with E-state index >= 15 is 0 Å². The second-order valence-electron chi connectivity index (χ2n) is 7.39. The molecule has 0 aliphatic heterocycles. The van der Waals surface area contributed by atoms with Crippen molar-refractivity contribution in [3.05, 3.63) is 88.9 Å². The van der Waals surface area contributed by atoms with Gasteiger partial charge in [0.1, 0.15) is 0 Å². The molecule has 0 fully saturated rings. The number of aryl methyl sites for hydroxylation is 1. The average molecular weight is 493 g/mol. The van der Waals surface area contributed by atoms with Crippen LogP contribution in [0, 0.1) is 6.92 Å². The van der Waals surface area contributed by atoms with Crippen LogP contribution in [0.2, 0.25) is 5.02 Å². The van der Waals surface area contributed by atoms with Gasteiger partial charge in [0.2, 0.25) is 5.91 Å². The van der Waals surface area contributed by atoms with E-state index in [1.807, 2.05) is 47.9 Å². The molecule has 0 atom stereocenters. The monoisotopic (exact) mass is 492 g/mol. The van der Waals surface area contributed by atoms with Gasteiger partial charge in [0.05, 0.1) is 18.4 Å². The van der Waals surface area contributed by atoms with Crippen LogP contribution in [0.4, 0.5) is 5.69 Å². The summed E-state index contributed by atoms with van der Waals surface area (Å²) in [5.74, 6) is 0.156. The van der Waals surface area contributed by atoms with Crippen LogP contribution in [0.5, 0.6) is 0 Å². The number of ether oxygens (including phenoxy) is 1. The number of methoxy groups -OCH3 is 1. The highest BCUT2D eigenvalue weighted by Gasteiger charge is 2.18. The van der Waals surface area contributed by atoms with Gasteiger partial charge in [-0.3, -0.25) is 9.36 Å². The van der Waals surface area contributed by atoms with Gasteiger partial charge >= 0.3 is 5.97 Å². The molecule has 4 rings (SSSR count). The molecule has 0 bridgehead atoms. The summed E-state index contributed by atoms with van der Waals surface area (Å²) in [5.41, 5.74) is 3.86. The van der Waals surface area contributed by atoms with E-state index in [-0.39, 0.29) is 11.7 Å². The number of hydrogen-bond donors (Lipinski definition) is 1. The second-order valence-corrected chi connectivity index (χ2v) is 8.77. The van der Waals surface area contributed by atoms with E-state index in [1.165, 1.54) is 18.9 Å². The molecular weight excluding hydrogens is 472 g/mol. The maximum Gasteiger partial charge on any atom is 0.337 e. The zero-order valence-electron chi connectivity index (χ0n) is 18.5. The van der Waals surface area contributed by atoms with Crippen LogP contribution >= 0.6 is 23.4 Å². The fourth-order valence-electron chi connectivity index (χ4n) is 3.29. The first kappa shape index (κ1) is 23.5. The summed E-state index contributed by atoms with van der Waals surface area (Å²) in [4.78, 5) is 24.1. The number of benzene rings is 3. The SMILES string of the molecule is COC(=O)c1ccc(NC(=O)CSc2nnc(-c3cccc(C)c3)n2-c2ccc(Cl)cc2)cc1. The van der Waals surface area contributed by atoms with Gasteiger partial charge in [0.15, 0.2) is 11.0 Å². The lowest BCUT2D eigenvalue weighted by Gasteiger charge is -2.11. The van der Waals surface area contributed by atoms with E-state index in [1.54, 1.807) is 36.4 Å². The van der Waals surface area contributed by atoms with Crippen LogP contribution in [0.25, 0.3) is 17.1 Å². The van der Waals surface area contributed by atoms with Crippen LogP contribution in [-0.4, -0.2) is 39.5 Å². The molecule has 0 aliphatic rings. The van der Waals surface area contributed by atoms with E-state index in [0.717, 1.165) is 16.8 Å². The van der Waals surface area contributed by atoms with Gasteiger partial charge in [-0.15, -0.1) is 10.2 Å². The fraction of sp³-hybridized carbons (Fsp3) is 0.120. The molecule has 1 amide bonds. The second kappa shape index (κ2) is 10.5. The highest BCUT2D eigenvalue weighted by molar-refractivity contribution is 7.99. The Kier molecular flexibility index (Phi) is 7.30. The number of nitrogens with zero attached hydrogens (tertiary/aromatic N) is 3. The number of hydrogen-bond acceptors (Lipinski definition) is 6. The summed E-state index contributed by atoms with van der Waals surface area (Å²) in [6.07, 6.45) is 0. The summed E-state index contributed by atoms with van der Waals surface area (Å²) in [6, 6.07) is 21.9. The number of rotatable bonds is 7. The van der Waals surface area contributed by atoms with Crippen molar-refractivity contribution in [3.63, 3.8) is 0 Å². The number of halogens is 1. The molecule has 0 spiro atoms. The molecule has 3 aromatic carbocycles. The molecule has 0 radical (unpaired) electrons. The minimum atomic E-state index is -0.431. The number of aromatic nitrogens is 3. The lowest BCUT2D eigenvalue weighted by atomic mass is 10.1. The zero-order chi connectivity index (χ0) is 24.1. The number of carbonyl (C=O) groups is 2.